The van der Waals surface area contributed by atoms with Crippen LogP contribution in [-0.2, 0) is 11.2 Å². The van der Waals surface area contributed by atoms with Gasteiger partial charge < -0.3 is 14.5 Å². The zero-order chi connectivity index (χ0) is 19.4. The molecule has 5 heteroatoms. The molecule has 0 aliphatic heterocycles. The number of aromatic nitrogens is 1. The fourth-order valence-electron chi connectivity index (χ4n) is 3.57. The van der Waals surface area contributed by atoms with E-state index in [4.69, 9.17) is 9.47 Å². The minimum absolute atomic E-state index is 0.0661. The fraction of sp³-hybridized carbons (Fsp3) is 0.364. The van der Waals surface area contributed by atoms with E-state index in [1.807, 2.05) is 44.2 Å². The standard InChI is InChI=1S/C22H25NO4/c1-4-6-11-27-22(25)21-14(3)20-18(23-21)12-16(13-19(20)24)15-7-9-17(10-8-15)26-5-2/h4,6-10,16,23H,5,11-13H2,1-3H3/b6-4+. The van der Waals surface area contributed by atoms with E-state index in [-0.39, 0.29) is 18.3 Å². The highest BCUT2D eigenvalue weighted by Crippen LogP contribution is 2.35. The van der Waals surface area contributed by atoms with Crippen LogP contribution in [0.15, 0.2) is 36.4 Å². The molecule has 2 aromatic rings. The summed E-state index contributed by atoms with van der Waals surface area (Å²) in [5, 5.41) is 0. The second-order valence-corrected chi connectivity index (χ2v) is 6.68. The summed E-state index contributed by atoms with van der Waals surface area (Å²) < 4.78 is 10.7. The van der Waals surface area contributed by atoms with Crippen molar-refractivity contribution in [1.82, 2.24) is 4.98 Å². The van der Waals surface area contributed by atoms with Crippen LogP contribution in [0.3, 0.4) is 0 Å². The molecule has 0 saturated carbocycles. The summed E-state index contributed by atoms with van der Waals surface area (Å²) in [6.07, 6.45) is 4.72. The van der Waals surface area contributed by atoms with Crippen LogP contribution in [0, 0.1) is 6.92 Å². The zero-order valence-corrected chi connectivity index (χ0v) is 16.0. The number of Topliss-reactive ketones (excluding diaryl/α,β-unsaturated/α-hetero) is 1. The van der Waals surface area contributed by atoms with E-state index in [9.17, 15) is 9.59 Å². The van der Waals surface area contributed by atoms with E-state index in [1.54, 1.807) is 13.0 Å². The van der Waals surface area contributed by atoms with E-state index in [0.29, 0.717) is 36.3 Å². The lowest BCUT2D eigenvalue weighted by Crippen LogP contribution is -2.18. The normalized spacial score (nSPS) is 16.4. The molecule has 1 unspecified atom stereocenters. The van der Waals surface area contributed by atoms with E-state index in [2.05, 4.69) is 4.98 Å². The summed E-state index contributed by atoms with van der Waals surface area (Å²) in [5.74, 6) is 0.554. The van der Waals surface area contributed by atoms with Crippen molar-refractivity contribution >= 4 is 11.8 Å². The van der Waals surface area contributed by atoms with Crippen molar-refractivity contribution in [2.24, 2.45) is 0 Å². The Morgan fingerprint density at radius 2 is 2.00 bits per heavy atom. The second kappa shape index (κ2) is 8.25. The van der Waals surface area contributed by atoms with E-state index >= 15 is 0 Å². The van der Waals surface area contributed by atoms with Crippen molar-refractivity contribution in [3.05, 3.63) is 64.5 Å². The van der Waals surface area contributed by atoms with Gasteiger partial charge in [-0.15, -0.1) is 0 Å². The molecule has 1 atom stereocenters. The molecule has 0 amide bonds. The highest BCUT2D eigenvalue weighted by atomic mass is 16.5. The van der Waals surface area contributed by atoms with Gasteiger partial charge in [0.25, 0.3) is 0 Å². The first kappa shape index (κ1) is 19.0. The Balaban J connectivity index is 1.81. The number of allylic oxidation sites excluding steroid dienone is 1. The van der Waals surface area contributed by atoms with Crippen LogP contribution in [0.1, 0.15) is 63.9 Å². The van der Waals surface area contributed by atoms with Gasteiger partial charge in [0.05, 0.1) is 6.61 Å². The Morgan fingerprint density at radius 3 is 2.67 bits per heavy atom. The molecular weight excluding hydrogens is 342 g/mol. The molecule has 0 spiro atoms. The van der Waals surface area contributed by atoms with Gasteiger partial charge in [0.15, 0.2) is 5.78 Å². The van der Waals surface area contributed by atoms with Gasteiger partial charge in [0.1, 0.15) is 18.1 Å². The summed E-state index contributed by atoms with van der Waals surface area (Å²) in [4.78, 5) is 28.2. The molecule has 1 N–H and O–H groups in total. The molecule has 1 aromatic heterocycles. The highest BCUT2D eigenvalue weighted by Gasteiger charge is 2.32. The zero-order valence-electron chi connectivity index (χ0n) is 16.0. The van der Waals surface area contributed by atoms with Gasteiger partial charge in [0.2, 0.25) is 0 Å². The van der Waals surface area contributed by atoms with Crippen molar-refractivity contribution in [2.75, 3.05) is 13.2 Å². The van der Waals surface area contributed by atoms with Crippen LogP contribution >= 0.6 is 0 Å². The Morgan fingerprint density at radius 1 is 1.26 bits per heavy atom. The van der Waals surface area contributed by atoms with Gasteiger partial charge in [-0.1, -0.05) is 24.3 Å². The Bertz CT molecular complexity index is 861. The lowest BCUT2D eigenvalue weighted by Gasteiger charge is -2.22. The monoisotopic (exact) mass is 367 g/mol. The number of carbonyl (C=O) groups excluding carboxylic acids is 2. The van der Waals surface area contributed by atoms with Gasteiger partial charge >= 0.3 is 5.97 Å². The lowest BCUT2D eigenvalue weighted by atomic mass is 9.81. The number of H-pyrrole nitrogens is 1. The Kier molecular flexibility index (Phi) is 5.79. The molecule has 1 aliphatic rings. The average Bonchev–Trinajstić information content (AvgIpc) is 3.00. The van der Waals surface area contributed by atoms with Crippen LogP contribution in [0.2, 0.25) is 0 Å². The van der Waals surface area contributed by atoms with Gasteiger partial charge in [0, 0.05) is 17.7 Å². The van der Waals surface area contributed by atoms with Crippen molar-refractivity contribution in [1.29, 1.82) is 0 Å². The van der Waals surface area contributed by atoms with Crippen molar-refractivity contribution in [2.45, 2.75) is 39.5 Å². The van der Waals surface area contributed by atoms with Gasteiger partial charge in [-0.2, -0.15) is 0 Å². The summed E-state index contributed by atoms with van der Waals surface area (Å²) >= 11 is 0. The number of esters is 1. The molecule has 1 heterocycles. The number of ketones is 1. The van der Waals surface area contributed by atoms with Crippen LogP contribution < -0.4 is 4.74 Å². The summed E-state index contributed by atoms with van der Waals surface area (Å²) in [6, 6.07) is 7.89. The number of hydrogen-bond acceptors (Lipinski definition) is 4. The predicted octanol–water partition coefficient (Wildman–Crippen LogP) is 4.37. The fourth-order valence-corrected chi connectivity index (χ4v) is 3.57. The molecule has 27 heavy (non-hydrogen) atoms. The molecule has 1 aliphatic carbocycles. The molecule has 0 bridgehead atoms. The first-order valence-electron chi connectivity index (χ1n) is 9.30. The minimum Gasteiger partial charge on any atom is -0.494 e. The number of ether oxygens (including phenoxy) is 2. The average molecular weight is 367 g/mol. The number of aromatic amines is 1. The molecule has 5 nitrogen and oxygen atoms in total. The van der Waals surface area contributed by atoms with Crippen molar-refractivity contribution in [3.8, 4) is 5.75 Å². The van der Waals surface area contributed by atoms with Crippen LogP contribution in [-0.4, -0.2) is 30.0 Å². The second-order valence-electron chi connectivity index (χ2n) is 6.68. The quantitative estimate of drug-likeness (QED) is 0.608. The first-order chi connectivity index (χ1) is 13.0. The van der Waals surface area contributed by atoms with Gasteiger partial charge in [-0.3, -0.25) is 4.79 Å². The molecular formula is C22H25NO4. The summed E-state index contributed by atoms with van der Waals surface area (Å²) in [6.45, 7) is 6.47. The molecule has 142 valence electrons. The summed E-state index contributed by atoms with van der Waals surface area (Å²) in [5.41, 5.74) is 3.63. The number of hydrogen-bond donors (Lipinski definition) is 1. The third-order valence-electron chi connectivity index (χ3n) is 4.90. The van der Waals surface area contributed by atoms with Crippen LogP contribution in [0.5, 0.6) is 5.75 Å². The van der Waals surface area contributed by atoms with Crippen LogP contribution in [0.25, 0.3) is 0 Å². The first-order valence-corrected chi connectivity index (χ1v) is 9.30. The maximum atomic E-state index is 12.7. The third-order valence-corrected chi connectivity index (χ3v) is 4.90. The summed E-state index contributed by atoms with van der Waals surface area (Å²) in [7, 11) is 0. The molecule has 3 rings (SSSR count). The number of rotatable bonds is 6. The number of fused-ring (bicyclic) bond motifs is 1. The maximum absolute atomic E-state index is 12.7. The van der Waals surface area contributed by atoms with Crippen LogP contribution in [0.4, 0.5) is 0 Å². The minimum atomic E-state index is -0.426. The van der Waals surface area contributed by atoms with E-state index in [1.165, 1.54) is 0 Å². The predicted molar refractivity (Wildman–Crippen MR) is 104 cm³/mol. The topological polar surface area (TPSA) is 68.4 Å². The van der Waals surface area contributed by atoms with Crippen molar-refractivity contribution < 1.29 is 19.1 Å². The molecule has 0 fully saturated rings. The number of benzene rings is 1. The third kappa shape index (κ3) is 3.97. The lowest BCUT2D eigenvalue weighted by molar-refractivity contribution is 0.0542. The maximum Gasteiger partial charge on any atom is 0.355 e. The van der Waals surface area contributed by atoms with Gasteiger partial charge in [-0.05, 0) is 56.4 Å². The largest absolute Gasteiger partial charge is 0.494 e. The highest BCUT2D eigenvalue weighted by molar-refractivity contribution is 6.03. The number of nitrogens with one attached hydrogen (secondary N) is 1. The van der Waals surface area contributed by atoms with E-state index in [0.717, 1.165) is 17.0 Å². The van der Waals surface area contributed by atoms with Gasteiger partial charge in [-0.25, -0.2) is 4.79 Å². The molecule has 1 aromatic carbocycles. The number of carbonyl (C=O) groups is 2. The SMILES string of the molecule is C/C=C/COC(=O)c1[nH]c2c(c1C)C(=O)CC(c1ccc(OCC)cc1)C2. The molecule has 0 radical (unpaired) electrons. The smallest absolute Gasteiger partial charge is 0.355 e. The van der Waals surface area contributed by atoms with Crippen molar-refractivity contribution in [3.63, 3.8) is 0 Å². The van der Waals surface area contributed by atoms with E-state index < -0.39 is 5.97 Å². The Hall–Kier alpha value is -2.82. The Labute approximate surface area is 159 Å². The molecule has 0 saturated heterocycles.